The number of carbonyl (C=O) groups excluding carboxylic acids is 2. The molecule has 0 aromatic carbocycles. The summed E-state index contributed by atoms with van der Waals surface area (Å²) in [5.74, 6) is -0.425. The Morgan fingerprint density at radius 3 is 2.60 bits per heavy atom. The number of esters is 1. The minimum absolute atomic E-state index is 0.0887. The smallest absolute Gasteiger partial charge is 0.325 e. The Bertz CT molecular complexity index is 329. The minimum Gasteiger partial charge on any atom is -0.465 e. The molecule has 1 atom stereocenters. The third-order valence-electron chi connectivity index (χ3n) is 3.82. The van der Waals surface area contributed by atoms with E-state index in [-0.39, 0.29) is 24.2 Å². The van der Waals surface area contributed by atoms with Gasteiger partial charge in [0.25, 0.3) is 0 Å². The van der Waals surface area contributed by atoms with Gasteiger partial charge in [0.1, 0.15) is 6.54 Å². The summed E-state index contributed by atoms with van der Waals surface area (Å²) in [5, 5.41) is 5.41. The maximum Gasteiger partial charge on any atom is 0.325 e. The average Bonchev–Trinajstić information content (AvgIpc) is 2.45. The molecule has 1 heterocycles. The summed E-state index contributed by atoms with van der Waals surface area (Å²) in [7, 11) is 0. The fourth-order valence-electron chi connectivity index (χ4n) is 2.49. The Kier molecular flexibility index (Phi) is 6.78. The van der Waals surface area contributed by atoms with E-state index in [1.165, 1.54) is 0 Å². The van der Waals surface area contributed by atoms with Gasteiger partial charge < -0.3 is 20.1 Å². The van der Waals surface area contributed by atoms with Crippen molar-refractivity contribution in [3.8, 4) is 0 Å². The molecule has 1 aliphatic heterocycles. The number of urea groups is 1. The molecule has 0 radical (unpaired) electrons. The highest BCUT2D eigenvalue weighted by Gasteiger charge is 2.35. The quantitative estimate of drug-likeness (QED) is 0.727. The third kappa shape index (κ3) is 5.00. The van der Waals surface area contributed by atoms with Crippen LogP contribution in [0.4, 0.5) is 4.79 Å². The fourth-order valence-corrected chi connectivity index (χ4v) is 2.49. The van der Waals surface area contributed by atoms with Crippen LogP contribution in [-0.4, -0.2) is 43.4 Å². The first kappa shape index (κ1) is 16.8. The van der Waals surface area contributed by atoms with Crippen LogP contribution in [-0.2, 0) is 14.3 Å². The number of rotatable bonds is 6. The van der Waals surface area contributed by atoms with Crippen molar-refractivity contribution >= 4 is 12.0 Å². The molecule has 0 bridgehead atoms. The second kappa shape index (κ2) is 8.09. The van der Waals surface area contributed by atoms with Gasteiger partial charge in [-0.1, -0.05) is 13.8 Å². The summed E-state index contributed by atoms with van der Waals surface area (Å²) in [4.78, 5) is 22.9. The molecule has 6 nitrogen and oxygen atoms in total. The van der Waals surface area contributed by atoms with Gasteiger partial charge in [0.15, 0.2) is 0 Å². The number of hydrogen-bond acceptors (Lipinski definition) is 4. The molecule has 2 N–H and O–H groups in total. The average molecular weight is 286 g/mol. The molecule has 0 aliphatic carbocycles. The highest BCUT2D eigenvalue weighted by atomic mass is 16.5. The molecule has 116 valence electrons. The maximum atomic E-state index is 11.7. The van der Waals surface area contributed by atoms with Gasteiger partial charge in [0.2, 0.25) is 0 Å². The summed E-state index contributed by atoms with van der Waals surface area (Å²) in [6.07, 6.45) is 3.49. The van der Waals surface area contributed by atoms with E-state index < -0.39 is 5.97 Å². The van der Waals surface area contributed by atoms with Crippen LogP contribution in [0, 0.1) is 0 Å². The molecule has 1 saturated heterocycles. The van der Waals surface area contributed by atoms with Crippen LogP contribution in [0.3, 0.4) is 0 Å². The van der Waals surface area contributed by atoms with Crippen molar-refractivity contribution in [2.24, 2.45) is 0 Å². The molecule has 1 aliphatic rings. The molecular formula is C14H26N2O4. The predicted molar refractivity (Wildman–Crippen MR) is 75.5 cm³/mol. The number of nitrogens with one attached hydrogen (secondary N) is 2. The van der Waals surface area contributed by atoms with Crippen LogP contribution in [0.1, 0.15) is 46.5 Å². The SMILES string of the molecule is CCOC(=O)CNC(=O)NC1CCOC(CC)(CC)C1. The number of hydrogen-bond donors (Lipinski definition) is 2. The first-order chi connectivity index (χ1) is 9.55. The molecule has 0 aromatic rings. The maximum absolute atomic E-state index is 11.7. The number of carbonyl (C=O) groups is 2. The first-order valence-electron chi connectivity index (χ1n) is 7.39. The monoisotopic (exact) mass is 286 g/mol. The van der Waals surface area contributed by atoms with Crippen LogP contribution in [0.5, 0.6) is 0 Å². The fraction of sp³-hybridized carbons (Fsp3) is 0.857. The lowest BCUT2D eigenvalue weighted by atomic mass is 9.86. The normalized spacial score (nSPS) is 21.1. The van der Waals surface area contributed by atoms with Crippen molar-refractivity contribution in [3.63, 3.8) is 0 Å². The first-order valence-corrected chi connectivity index (χ1v) is 7.39. The van der Waals surface area contributed by atoms with E-state index in [2.05, 4.69) is 24.5 Å². The molecule has 1 fully saturated rings. The van der Waals surface area contributed by atoms with E-state index in [0.717, 1.165) is 25.7 Å². The molecule has 0 spiro atoms. The van der Waals surface area contributed by atoms with Gasteiger partial charge in [0.05, 0.1) is 12.2 Å². The van der Waals surface area contributed by atoms with Crippen molar-refractivity contribution in [1.29, 1.82) is 0 Å². The Hall–Kier alpha value is -1.30. The van der Waals surface area contributed by atoms with E-state index in [4.69, 9.17) is 9.47 Å². The number of amides is 2. The molecule has 0 aromatic heterocycles. The third-order valence-corrected chi connectivity index (χ3v) is 3.82. The van der Waals surface area contributed by atoms with E-state index in [1.807, 2.05) is 0 Å². The van der Waals surface area contributed by atoms with Crippen molar-refractivity contribution in [2.75, 3.05) is 19.8 Å². The topological polar surface area (TPSA) is 76.7 Å². The van der Waals surface area contributed by atoms with Crippen molar-refractivity contribution < 1.29 is 19.1 Å². The van der Waals surface area contributed by atoms with Crippen molar-refractivity contribution in [1.82, 2.24) is 10.6 Å². The molecule has 6 heteroatoms. The van der Waals surface area contributed by atoms with Gasteiger partial charge in [-0.05, 0) is 32.6 Å². The van der Waals surface area contributed by atoms with Gasteiger partial charge in [-0.2, -0.15) is 0 Å². The van der Waals surface area contributed by atoms with Gasteiger partial charge in [-0.3, -0.25) is 4.79 Å². The summed E-state index contributed by atoms with van der Waals surface area (Å²) in [6.45, 7) is 6.81. The molecule has 20 heavy (non-hydrogen) atoms. The van der Waals surface area contributed by atoms with Crippen LogP contribution in [0.2, 0.25) is 0 Å². The van der Waals surface area contributed by atoms with Gasteiger partial charge >= 0.3 is 12.0 Å². The summed E-state index contributed by atoms with van der Waals surface area (Å²) < 4.78 is 10.6. The predicted octanol–water partition coefficient (Wildman–Crippen LogP) is 1.59. The van der Waals surface area contributed by atoms with Crippen molar-refractivity contribution in [3.05, 3.63) is 0 Å². The highest BCUT2D eigenvalue weighted by Crippen LogP contribution is 2.31. The van der Waals surface area contributed by atoms with E-state index in [9.17, 15) is 9.59 Å². The second-order valence-electron chi connectivity index (χ2n) is 5.06. The molecule has 1 rings (SSSR count). The lowest BCUT2D eigenvalue weighted by Crippen LogP contribution is -2.51. The van der Waals surface area contributed by atoms with Gasteiger partial charge in [0, 0.05) is 12.6 Å². The molecule has 2 amide bonds. The second-order valence-corrected chi connectivity index (χ2v) is 5.06. The van der Waals surface area contributed by atoms with Crippen LogP contribution in [0.25, 0.3) is 0 Å². The van der Waals surface area contributed by atoms with E-state index in [1.54, 1.807) is 6.92 Å². The van der Waals surface area contributed by atoms with Crippen LogP contribution in [0.15, 0.2) is 0 Å². The Morgan fingerprint density at radius 2 is 2.00 bits per heavy atom. The van der Waals surface area contributed by atoms with Gasteiger partial charge in [-0.15, -0.1) is 0 Å². The summed E-state index contributed by atoms with van der Waals surface area (Å²) in [5.41, 5.74) is -0.128. The van der Waals surface area contributed by atoms with Crippen LogP contribution < -0.4 is 10.6 Å². The largest absolute Gasteiger partial charge is 0.465 e. The lowest BCUT2D eigenvalue weighted by Gasteiger charge is -2.40. The summed E-state index contributed by atoms with van der Waals surface area (Å²) in [6, 6.07) is -0.239. The number of ether oxygens (including phenoxy) is 2. The zero-order chi connectivity index (χ0) is 15.0. The van der Waals surface area contributed by atoms with Gasteiger partial charge in [-0.25, -0.2) is 4.79 Å². The van der Waals surface area contributed by atoms with E-state index in [0.29, 0.717) is 13.2 Å². The molecule has 0 saturated carbocycles. The van der Waals surface area contributed by atoms with Crippen LogP contribution >= 0.6 is 0 Å². The summed E-state index contributed by atoms with van der Waals surface area (Å²) >= 11 is 0. The molecular weight excluding hydrogens is 260 g/mol. The molecule has 1 unspecified atom stereocenters. The van der Waals surface area contributed by atoms with Crippen molar-refractivity contribution in [2.45, 2.75) is 58.1 Å². The Balaban J connectivity index is 2.36. The highest BCUT2D eigenvalue weighted by molar-refractivity contribution is 5.80. The zero-order valence-corrected chi connectivity index (χ0v) is 12.7. The Morgan fingerprint density at radius 1 is 1.30 bits per heavy atom. The zero-order valence-electron chi connectivity index (χ0n) is 12.7. The van der Waals surface area contributed by atoms with E-state index >= 15 is 0 Å². The minimum atomic E-state index is -0.425. The lowest BCUT2D eigenvalue weighted by molar-refractivity contribution is -0.141. The standard InChI is InChI=1S/C14H26N2O4/c1-4-14(5-2)9-11(7-8-20-14)16-13(18)15-10-12(17)19-6-3/h11H,4-10H2,1-3H3,(H2,15,16,18). The Labute approximate surface area is 120 Å².